The van der Waals surface area contributed by atoms with E-state index in [1.807, 2.05) is 0 Å². The van der Waals surface area contributed by atoms with Crippen LogP contribution in [-0.4, -0.2) is 48.9 Å². The van der Waals surface area contributed by atoms with Gasteiger partial charge < -0.3 is 26.2 Å². The third-order valence-corrected chi connectivity index (χ3v) is 2.53. The van der Waals surface area contributed by atoms with E-state index in [0.717, 1.165) is 0 Å². The summed E-state index contributed by atoms with van der Waals surface area (Å²) < 4.78 is 4.73. The van der Waals surface area contributed by atoms with Crippen LogP contribution in [0.15, 0.2) is 0 Å². The third-order valence-electron chi connectivity index (χ3n) is 2.53. The Balaban J connectivity index is 0.00000225. The Kier molecular flexibility index (Phi) is 6.43. The topological polar surface area (TPSA) is 114 Å². The van der Waals surface area contributed by atoms with E-state index >= 15 is 0 Å². The summed E-state index contributed by atoms with van der Waals surface area (Å²) in [6, 6.07) is 0. The predicted molar refractivity (Wildman–Crippen MR) is 57.4 cm³/mol. The average molecular weight is 233 g/mol. The van der Waals surface area contributed by atoms with E-state index in [1.54, 1.807) is 0 Å². The minimum Gasteiger partial charge on any atom is -0.465 e. The van der Waals surface area contributed by atoms with Gasteiger partial charge in [-0.05, 0) is 12.8 Å². The molecule has 0 aromatic heterocycles. The first-order valence-electron chi connectivity index (χ1n) is 4.89. The second-order valence-electron chi connectivity index (χ2n) is 3.52. The molecule has 1 saturated heterocycles. The van der Waals surface area contributed by atoms with E-state index in [-0.39, 0.29) is 24.7 Å². The number of hydrogen-bond acceptors (Lipinski definition) is 4. The molecule has 1 heterocycles. The summed E-state index contributed by atoms with van der Waals surface area (Å²) in [5.41, 5.74) is 0. The number of carbonyl (C=O) groups is 2. The molecule has 1 rings (SSSR count). The standard InChI is InChI=1S/C9H16N2O4.H3N/c1-15-6-10-8(12)7-2-4-11(5-3-7)9(13)14;/h7H,2-6H2,1H3,(H,10,12)(H,13,14);1H3. The lowest BCUT2D eigenvalue weighted by Gasteiger charge is -2.29. The van der Waals surface area contributed by atoms with Crippen LogP contribution in [0.3, 0.4) is 0 Å². The molecule has 7 nitrogen and oxygen atoms in total. The highest BCUT2D eigenvalue weighted by Crippen LogP contribution is 2.17. The lowest BCUT2D eigenvalue weighted by Crippen LogP contribution is -2.42. The number of carbonyl (C=O) groups excluding carboxylic acids is 1. The quantitative estimate of drug-likeness (QED) is 0.605. The highest BCUT2D eigenvalue weighted by Gasteiger charge is 2.26. The van der Waals surface area contributed by atoms with Crippen molar-refractivity contribution in [1.29, 1.82) is 0 Å². The molecule has 0 aliphatic carbocycles. The van der Waals surface area contributed by atoms with Crippen molar-refractivity contribution in [3.05, 3.63) is 0 Å². The first kappa shape index (κ1) is 14.7. The number of carboxylic acid groups (broad SMARTS) is 1. The van der Waals surface area contributed by atoms with E-state index in [0.29, 0.717) is 25.9 Å². The van der Waals surface area contributed by atoms with Gasteiger partial charge >= 0.3 is 6.09 Å². The summed E-state index contributed by atoms with van der Waals surface area (Å²) in [4.78, 5) is 23.4. The van der Waals surface area contributed by atoms with Gasteiger partial charge in [0, 0.05) is 26.1 Å². The summed E-state index contributed by atoms with van der Waals surface area (Å²) >= 11 is 0. The van der Waals surface area contributed by atoms with E-state index in [1.165, 1.54) is 12.0 Å². The molecule has 2 amide bonds. The number of amides is 2. The number of nitrogens with zero attached hydrogens (tertiary/aromatic N) is 1. The number of nitrogens with one attached hydrogen (secondary N) is 1. The summed E-state index contributed by atoms with van der Waals surface area (Å²) in [6.07, 6.45) is 0.259. The zero-order valence-electron chi connectivity index (χ0n) is 9.44. The van der Waals surface area contributed by atoms with Gasteiger partial charge in [0.2, 0.25) is 5.91 Å². The Hall–Kier alpha value is -1.34. The number of ether oxygens (including phenoxy) is 1. The molecule has 16 heavy (non-hydrogen) atoms. The molecule has 0 saturated carbocycles. The fourth-order valence-electron chi connectivity index (χ4n) is 1.62. The first-order valence-corrected chi connectivity index (χ1v) is 4.89. The third kappa shape index (κ3) is 4.03. The monoisotopic (exact) mass is 233 g/mol. The minimum absolute atomic E-state index is 0. The van der Waals surface area contributed by atoms with Crippen LogP contribution >= 0.6 is 0 Å². The maximum Gasteiger partial charge on any atom is 0.407 e. The van der Waals surface area contributed by atoms with Crippen molar-refractivity contribution in [3.8, 4) is 0 Å². The average Bonchev–Trinajstić information content (AvgIpc) is 2.26. The first-order chi connectivity index (χ1) is 7.15. The maximum absolute atomic E-state index is 11.5. The molecule has 1 aliphatic rings. The summed E-state index contributed by atoms with van der Waals surface area (Å²) in [7, 11) is 1.51. The number of piperidine rings is 1. The molecule has 0 atom stereocenters. The van der Waals surface area contributed by atoms with Crippen LogP contribution in [0, 0.1) is 5.92 Å². The summed E-state index contributed by atoms with van der Waals surface area (Å²) in [5, 5.41) is 11.3. The summed E-state index contributed by atoms with van der Waals surface area (Å²) in [5.74, 6) is -0.141. The van der Waals surface area contributed by atoms with Crippen LogP contribution in [0.25, 0.3) is 0 Å². The highest BCUT2D eigenvalue weighted by atomic mass is 16.5. The fourth-order valence-corrected chi connectivity index (χ4v) is 1.62. The van der Waals surface area contributed by atoms with E-state index in [2.05, 4.69) is 5.32 Å². The van der Waals surface area contributed by atoms with Crippen molar-refractivity contribution in [2.45, 2.75) is 12.8 Å². The second-order valence-corrected chi connectivity index (χ2v) is 3.52. The molecular weight excluding hydrogens is 214 g/mol. The van der Waals surface area contributed by atoms with Crippen LogP contribution in [-0.2, 0) is 9.53 Å². The number of likely N-dealkylation sites (tertiary alicyclic amines) is 1. The fraction of sp³-hybridized carbons (Fsp3) is 0.778. The molecule has 5 N–H and O–H groups in total. The van der Waals surface area contributed by atoms with Crippen LogP contribution in [0.2, 0.25) is 0 Å². The van der Waals surface area contributed by atoms with E-state index in [9.17, 15) is 9.59 Å². The van der Waals surface area contributed by atoms with Crippen LogP contribution in [0.4, 0.5) is 4.79 Å². The van der Waals surface area contributed by atoms with Crippen LogP contribution < -0.4 is 11.5 Å². The Morgan fingerprint density at radius 2 is 2.00 bits per heavy atom. The van der Waals surface area contributed by atoms with Gasteiger partial charge in [-0.15, -0.1) is 0 Å². The van der Waals surface area contributed by atoms with Crippen molar-refractivity contribution in [2.75, 3.05) is 26.9 Å². The molecule has 0 bridgehead atoms. The van der Waals surface area contributed by atoms with Gasteiger partial charge in [0.25, 0.3) is 0 Å². The van der Waals surface area contributed by atoms with Crippen molar-refractivity contribution >= 4 is 12.0 Å². The van der Waals surface area contributed by atoms with Gasteiger partial charge in [-0.3, -0.25) is 4.79 Å². The predicted octanol–water partition coefficient (Wildman–Crippen LogP) is 0.259. The van der Waals surface area contributed by atoms with Crippen molar-refractivity contribution < 1.29 is 19.4 Å². The molecule has 7 heteroatoms. The molecule has 1 aliphatic heterocycles. The molecule has 0 unspecified atom stereocenters. The zero-order chi connectivity index (χ0) is 11.3. The Bertz CT molecular complexity index is 239. The Labute approximate surface area is 94.3 Å². The van der Waals surface area contributed by atoms with Gasteiger partial charge in [-0.25, -0.2) is 4.79 Å². The van der Waals surface area contributed by atoms with Gasteiger partial charge in [0.15, 0.2) is 0 Å². The molecule has 1 fully saturated rings. The largest absolute Gasteiger partial charge is 0.465 e. The van der Waals surface area contributed by atoms with Crippen LogP contribution in [0.1, 0.15) is 12.8 Å². The van der Waals surface area contributed by atoms with Crippen molar-refractivity contribution in [3.63, 3.8) is 0 Å². The lowest BCUT2D eigenvalue weighted by molar-refractivity contribution is -0.127. The van der Waals surface area contributed by atoms with Crippen molar-refractivity contribution in [2.24, 2.45) is 5.92 Å². The Morgan fingerprint density at radius 1 is 1.44 bits per heavy atom. The molecule has 0 radical (unpaired) electrons. The van der Waals surface area contributed by atoms with Gasteiger partial charge in [-0.2, -0.15) is 0 Å². The highest BCUT2D eigenvalue weighted by molar-refractivity contribution is 5.78. The van der Waals surface area contributed by atoms with Crippen LogP contribution in [0.5, 0.6) is 0 Å². The molecular formula is C9H19N3O4. The van der Waals surface area contributed by atoms with Gasteiger partial charge in [-0.1, -0.05) is 0 Å². The van der Waals surface area contributed by atoms with E-state index in [4.69, 9.17) is 9.84 Å². The lowest BCUT2D eigenvalue weighted by atomic mass is 9.96. The SMILES string of the molecule is COCNC(=O)C1CCN(C(=O)O)CC1.N. The molecule has 0 aromatic rings. The smallest absolute Gasteiger partial charge is 0.407 e. The molecule has 94 valence electrons. The number of rotatable bonds is 3. The van der Waals surface area contributed by atoms with Crippen molar-refractivity contribution in [1.82, 2.24) is 16.4 Å². The Morgan fingerprint density at radius 3 is 2.44 bits per heavy atom. The number of methoxy groups -OCH3 is 1. The summed E-state index contributed by atoms with van der Waals surface area (Å²) in [6.45, 7) is 1.07. The normalized spacial score (nSPS) is 16.4. The maximum atomic E-state index is 11.5. The molecule has 0 aromatic carbocycles. The number of hydrogen-bond donors (Lipinski definition) is 3. The van der Waals surface area contributed by atoms with E-state index < -0.39 is 6.09 Å². The molecule has 0 spiro atoms. The van der Waals surface area contributed by atoms with Gasteiger partial charge in [0.05, 0.1) is 0 Å². The minimum atomic E-state index is -0.911. The second kappa shape index (κ2) is 7.02. The van der Waals surface area contributed by atoms with Gasteiger partial charge in [0.1, 0.15) is 6.73 Å². The zero-order valence-corrected chi connectivity index (χ0v) is 9.44.